The van der Waals surface area contributed by atoms with E-state index in [0.717, 1.165) is 25.5 Å². The summed E-state index contributed by atoms with van der Waals surface area (Å²) in [5.41, 5.74) is 1.01. The molecule has 1 aromatic carbocycles. The summed E-state index contributed by atoms with van der Waals surface area (Å²) in [4.78, 5) is 19.5. The number of hydrogen-bond acceptors (Lipinski definition) is 5. The van der Waals surface area contributed by atoms with Crippen LogP contribution in [0.5, 0.6) is 0 Å². The van der Waals surface area contributed by atoms with Gasteiger partial charge in [0.25, 0.3) is 5.91 Å². The predicted octanol–water partition coefficient (Wildman–Crippen LogP) is 4.33. The number of carbonyl (C=O) groups is 1. The zero-order valence-electron chi connectivity index (χ0n) is 12.1. The molecule has 0 spiro atoms. The molecule has 4 nitrogen and oxygen atoms in total. The van der Waals surface area contributed by atoms with Crippen LogP contribution in [0.15, 0.2) is 30.5 Å². The van der Waals surface area contributed by atoms with Gasteiger partial charge >= 0.3 is 0 Å². The lowest BCUT2D eigenvalue weighted by molar-refractivity contribution is 0.0832. The molecule has 3 rings (SSSR count). The van der Waals surface area contributed by atoms with Crippen molar-refractivity contribution in [3.8, 4) is 0 Å². The Morgan fingerprint density at radius 2 is 2.14 bits per heavy atom. The topological polar surface area (TPSA) is 45.2 Å². The molecule has 0 aliphatic carbocycles. The van der Waals surface area contributed by atoms with Crippen LogP contribution < -0.4 is 5.32 Å². The number of amides is 1. The quantitative estimate of drug-likeness (QED) is 0.761. The van der Waals surface area contributed by atoms with Crippen LogP contribution in [-0.4, -0.2) is 29.9 Å². The maximum Gasteiger partial charge on any atom is 0.263 e. The molecule has 0 saturated carbocycles. The smallest absolute Gasteiger partial charge is 0.263 e. The second kappa shape index (κ2) is 6.24. The standard InChI is InChI=1S/C15H14ClN3OS2/c1-19(2)14(20)13-6-9-5-10(3-4-12(9)22-13)17-7-11-8-18-15(16)21-11/h3-6,8,17H,7H2,1-2H3. The van der Waals surface area contributed by atoms with Gasteiger partial charge in [-0.05, 0) is 29.7 Å². The third-order valence-electron chi connectivity index (χ3n) is 3.13. The molecule has 0 radical (unpaired) electrons. The van der Waals surface area contributed by atoms with Crippen molar-refractivity contribution in [2.45, 2.75) is 6.54 Å². The lowest BCUT2D eigenvalue weighted by Gasteiger charge is -2.06. The largest absolute Gasteiger partial charge is 0.380 e. The van der Waals surface area contributed by atoms with Crippen molar-refractivity contribution >= 4 is 56.0 Å². The van der Waals surface area contributed by atoms with Crippen LogP contribution in [0.4, 0.5) is 5.69 Å². The second-order valence-corrected chi connectivity index (χ2v) is 7.78. The van der Waals surface area contributed by atoms with E-state index in [9.17, 15) is 4.79 Å². The number of fused-ring (bicyclic) bond motifs is 1. The minimum atomic E-state index is 0.0370. The number of benzene rings is 1. The highest BCUT2D eigenvalue weighted by Gasteiger charge is 2.12. The number of nitrogens with zero attached hydrogens (tertiary/aromatic N) is 2. The van der Waals surface area contributed by atoms with E-state index >= 15 is 0 Å². The summed E-state index contributed by atoms with van der Waals surface area (Å²) < 4.78 is 1.66. The van der Waals surface area contributed by atoms with E-state index in [-0.39, 0.29) is 5.91 Å². The van der Waals surface area contributed by atoms with E-state index in [1.54, 1.807) is 25.2 Å². The van der Waals surface area contributed by atoms with Crippen molar-refractivity contribution in [1.29, 1.82) is 0 Å². The fraction of sp³-hybridized carbons (Fsp3) is 0.200. The molecule has 7 heteroatoms. The number of aromatic nitrogens is 1. The SMILES string of the molecule is CN(C)C(=O)c1cc2cc(NCc3cnc(Cl)s3)ccc2s1. The van der Waals surface area contributed by atoms with Crippen molar-refractivity contribution < 1.29 is 4.79 Å². The number of halogens is 1. The van der Waals surface area contributed by atoms with Crippen LogP contribution in [0, 0.1) is 0 Å². The maximum absolute atomic E-state index is 12.0. The van der Waals surface area contributed by atoms with Crippen LogP contribution >= 0.6 is 34.3 Å². The monoisotopic (exact) mass is 351 g/mol. The molecule has 0 unspecified atom stereocenters. The van der Waals surface area contributed by atoms with Crippen LogP contribution in [0.3, 0.4) is 0 Å². The lowest BCUT2D eigenvalue weighted by Crippen LogP contribution is -2.20. The average Bonchev–Trinajstić information content (AvgIpc) is 3.09. The van der Waals surface area contributed by atoms with Crippen molar-refractivity contribution in [3.63, 3.8) is 0 Å². The van der Waals surface area contributed by atoms with Gasteiger partial charge < -0.3 is 10.2 Å². The third kappa shape index (κ3) is 3.24. The molecule has 0 saturated heterocycles. The van der Waals surface area contributed by atoms with Gasteiger partial charge in [-0.1, -0.05) is 11.6 Å². The highest BCUT2D eigenvalue weighted by atomic mass is 35.5. The Labute approximate surface area is 141 Å². The first-order valence-corrected chi connectivity index (χ1v) is 8.63. The first kappa shape index (κ1) is 15.3. The van der Waals surface area contributed by atoms with Gasteiger partial charge in [0.15, 0.2) is 4.47 Å². The molecule has 0 atom stereocenters. The summed E-state index contributed by atoms with van der Waals surface area (Å²) in [5.74, 6) is 0.0370. The molecule has 114 valence electrons. The van der Waals surface area contributed by atoms with Crippen molar-refractivity contribution in [2.75, 3.05) is 19.4 Å². The van der Waals surface area contributed by atoms with Gasteiger partial charge in [-0.15, -0.1) is 22.7 Å². The lowest BCUT2D eigenvalue weighted by atomic mass is 10.2. The van der Waals surface area contributed by atoms with E-state index in [2.05, 4.69) is 16.4 Å². The number of hydrogen-bond donors (Lipinski definition) is 1. The van der Waals surface area contributed by atoms with Crippen molar-refractivity contribution in [1.82, 2.24) is 9.88 Å². The van der Waals surface area contributed by atoms with Gasteiger partial charge in [0.05, 0.1) is 11.4 Å². The van der Waals surface area contributed by atoms with Crippen LogP contribution in [0.2, 0.25) is 4.47 Å². The van der Waals surface area contributed by atoms with E-state index in [0.29, 0.717) is 11.0 Å². The number of thiazole rings is 1. The van der Waals surface area contributed by atoms with E-state index < -0.39 is 0 Å². The maximum atomic E-state index is 12.0. The minimum absolute atomic E-state index is 0.0370. The van der Waals surface area contributed by atoms with Gasteiger partial charge in [0.2, 0.25) is 0 Å². The Bertz CT molecular complexity index is 825. The first-order valence-electron chi connectivity index (χ1n) is 6.62. The molecule has 2 heterocycles. The normalized spacial score (nSPS) is 10.9. The Hall–Kier alpha value is -1.63. The summed E-state index contributed by atoms with van der Waals surface area (Å²) in [7, 11) is 3.53. The summed E-state index contributed by atoms with van der Waals surface area (Å²) in [6.45, 7) is 0.684. The van der Waals surface area contributed by atoms with E-state index in [1.807, 2.05) is 18.2 Å². The van der Waals surface area contributed by atoms with Gasteiger partial charge in [-0.3, -0.25) is 4.79 Å². The first-order chi connectivity index (χ1) is 10.5. The number of carbonyl (C=O) groups excluding carboxylic acids is 1. The second-order valence-electron chi connectivity index (χ2n) is 5.00. The molecule has 3 aromatic rings. The zero-order valence-corrected chi connectivity index (χ0v) is 14.5. The molecular weight excluding hydrogens is 338 g/mol. The predicted molar refractivity (Wildman–Crippen MR) is 94.3 cm³/mol. The number of anilines is 1. The van der Waals surface area contributed by atoms with Crippen LogP contribution in [0.25, 0.3) is 10.1 Å². The Balaban J connectivity index is 1.79. The Morgan fingerprint density at radius 3 is 2.82 bits per heavy atom. The highest BCUT2D eigenvalue weighted by Crippen LogP contribution is 2.29. The Kier molecular flexibility index (Phi) is 4.33. The number of nitrogens with one attached hydrogen (secondary N) is 1. The molecule has 1 N–H and O–H groups in total. The van der Waals surface area contributed by atoms with Gasteiger partial charge in [0, 0.05) is 35.6 Å². The minimum Gasteiger partial charge on any atom is -0.380 e. The van der Waals surface area contributed by atoms with Gasteiger partial charge in [0.1, 0.15) is 0 Å². The van der Waals surface area contributed by atoms with E-state index in [4.69, 9.17) is 11.6 Å². The van der Waals surface area contributed by atoms with Crippen molar-refractivity contribution in [2.24, 2.45) is 0 Å². The molecule has 0 aliphatic heterocycles. The summed E-state index contributed by atoms with van der Waals surface area (Å²) >= 11 is 8.80. The third-order valence-corrected chi connectivity index (χ3v) is 5.34. The summed E-state index contributed by atoms with van der Waals surface area (Å²) in [6, 6.07) is 8.05. The van der Waals surface area contributed by atoms with Gasteiger partial charge in [-0.25, -0.2) is 4.98 Å². The number of thiophene rings is 1. The average molecular weight is 352 g/mol. The fourth-order valence-corrected chi connectivity index (χ4v) is 4.02. The molecule has 0 aliphatic rings. The Morgan fingerprint density at radius 1 is 1.32 bits per heavy atom. The number of rotatable bonds is 4. The summed E-state index contributed by atoms with van der Waals surface area (Å²) in [5, 5.41) is 4.42. The van der Waals surface area contributed by atoms with Crippen LogP contribution in [-0.2, 0) is 6.54 Å². The fourth-order valence-electron chi connectivity index (χ4n) is 2.03. The molecular formula is C15H14ClN3OS2. The summed E-state index contributed by atoms with van der Waals surface area (Å²) in [6.07, 6.45) is 1.77. The van der Waals surface area contributed by atoms with Crippen molar-refractivity contribution in [3.05, 3.63) is 44.7 Å². The highest BCUT2D eigenvalue weighted by molar-refractivity contribution is 7.20. The zero-order chi connectivity index (χ0) is 15.7. The van der Waals surface area contributed by atoms with E-state index in [1.165, 1.54) is 22.7 Å². The van der Waals surface area contributed by atoms with Crippen LogP contribution in [0.1, 0.15) is 14.5 Å². The molecule has 0 fully saturated rings. The molecule has 1 amide bonds. The molecule has 22 heavy (non-hydrogen) atoms. The molecule has 0 bridgehead atoms. The van der Waals surface area contributed by atoms with Gasteiger partial charge in [-0.2, -0.15) is 0 Å². The molecule has 2 aromatic heterocycles.